The summed E-state index contributed by atoms with van der Waals surface area (Å²) in [4.78, 5) is 16.8. The van der Waals surface area contributed by atoms with Crippen molar-refractivity contribution in [2.45, 2.75) is 37.7 Å². The number of hydrogen-bond acceptors (Lipinski definition) is 6. The average Bonchev–Trinajstić information content (AvgIpc) is 3.19. The van der Waals surface area contributed by atoms with Gasteiger partial charge < -0.3 is 19.3 Å². The third-order valence-electron chi connectivity index (χ3n) is 5.39. The maximum atomic E-state index is 12.8. The highest BCUT2D eigenvalue weighted by molar-refractivity contribution is 5.94. The van der Waals surface area contributed by atoms with E-state index in [2.05, 4.69) is 10.1 Å². The van der Waals surface area contributed by atoms with E-state index in [-0.39, 0.29) is 5.91 Å². The molecule has 1 atom stereocenters. The Labute approximate surface area is 141 Å². The van der Waals surface area contributed by atoms with Crippen LogP contribution in [0.4, 0.5) is 0 Å². The smallest absolute Gasteiger partial charge is 0.276 e. The molecule has 2 saturated heterocycles. The molecule has 0 bridgehead atoms. The Morgan fingerprint density at radius 1 is 1.21 bits per heavy atom. The third-order valence-corrected chi connectivity index (χ3v) is 5.39. The van der Waals surface area contributed by atoms with E-state index in [0.717, 1.165) is 50.1 Å². The van der Waals surface area contributed by atoms with E-state index in [1.54, 1.807) is 4.90 Å². The zero-order valence-electron chi connectivity index (χ0n) is 14.0. The zero-order chi connectivity index (χ0) is 16.6. The third kappa shape index (κ3) is 3.08. The molecule has 1 N–H and O–H groups in total. The van der Waals surface area contributed by atoms with Crippen molar-refractivity contribution in [1.29, 1.82) is 0 Å². The number of likely N-dealkylation sites (tertiary alicyclic amines) is 1. The van der Waals surface area contributed by atoms with Crippen LogP contribution in [0.2, 0.25) is 0 Å². The van der Waals surface area contributed by atoms with Crippen molar-refractivity contribution in [3.63, 3.8) is 0 Å². The number of carbonyl (C=O) groups is 1. The lowest BCUT2D eigenvalue weighted by Gasteiger charge is -2.33. The summed E-state index contributed by atoms with van der Waals surface area (Å²) in [5, 5.41) is 14.9. The predicted octanol–water partition coefficient (Wildman–Crippen LogP) is 0.463. The van der Waals surface area contributed by atoms with Gasteiger partial charge in [-0.25, -0.2) is 0 Å². The largest absolute Gasteiger partial charge is 0.387 e. The van der Waals surface area contributed by atoms with Gasteiger partial charge in [0.1, 0.15) is 5.76 Å². The maximum Gasteiger partial charge on any atom is 0.276 e. The molecule has 0 radical (unpaired) electrons. The Kier molecular flexibility index (Phi) is 4.32. The second-order valence-electron chi connectivity index (χ2n) is 7.23. The van der Waals surface area contributed by atoms with Gasteiger partial charge in [-0.15, -0.1) is 0 Å². The molecule has 7 nitrogen and oxygen atoms in total. The van der Waals surface area contributed by atoms with Crippen LogP contribution in [0.25, 0.3) is 0 Å². The molecule has 0 saturated carbocycles. The summed E-state index contributed by atoms with van der Waals surface area (Å²) in [7, 11) is 0. The SMILES string of the molecule is O=C(c1noc2c1CCCC2)N1CC[C@](O)(CN2CCOCC2)C1. The topological polar surface area (TPSA) is 79.0 Å². The lowest BCUT2D eigenvalue weighted by molar-refractivity contribution is -0.0257. The molecule has 2 fully saturated rings. The number of fused-ring (bicyclic) bond motifs is 1. The van der Waals surface area contributed by atoms with Crippen molar-refractivity contribution in [3.05, 3.63) is 17.0 Å². The normalized spacial score (nSPS) is 28.1. The van der Waals surface area contributed by atoms with Crippen LogP contribution < -0.4 is 0 Å². The highest BCUT2D eigenvalue weighted by Gasteiger charge is 2.41. The molecule has 1 aliphatic carbocycles. The van der Waals surface area contributed by atoms with E-state index in [9.17, 15) is 9.90 Å². The minimum atomic E-state index is -0.837. The second kappa shape index (κ2) is 6.46. The van der Waals surface area contributed by atoms with E-state index in [4.69, 9.17) is 9.26 Å². The quantitative estimate of drug-likeness (QED) is 0.865. The summed E-state index contributed by atoms with van der Waals surface area (Å²) >= 11 is 0. The highest BCUT2D eigenvalue weighted by Crippen LogP contribution is 2.28. The van der Waals surface area contributed by atoms with Crippen molar-refractivity contribution in [1.82, 2.24) is 15.0 Å². The van der Waals surface area contributed by atoms with Crippen LogP contribution in [-0.4, -0.2) is 77.5 Å². The minimum absolute atomic E-state index is 0.0974. The molecule has 0 unspecified atom stereocenters. The Hall–Kier alpha value is -1.44. The van der Waals surface area contributed by atoms with Crippen molar-refractivity contribution >= 4 is 5.91 Å². The maximum absolute atomic E-state index is 12.8. The average molecular weight is 335 g/mol. The molecule has 0 aromatic carbocycles. The van der Waals surface area contributed by atoms with Crippen molar-refractivity contribution in [2.75, 3.05) is 45.9 Å². The summed E-state index contributed by atoms with van der Waals surface area (Å²) < 4.78 is 10.7. The van der Waals surface area contributed by atoms with Crippen molar-refractivity contribution in [3.8, 4) is 0 Å². The number of aryl methyl sites for hydroxylation is 1. The van der Waals surface area contributed by atoms with Crippen LogP contribution in [-0.2, 0) is 17.6 Å². The molecule has 24 heavy (non-hydrogen) atoms. The molecule has 1 aromatic rings. The number of β-amino-alcohol motifs (C(OH)–C–C–N with tert-alkyl or cyclic N) is 1. The van der Waals surface area contributed by atoms with Gasteiger partial charge in [0, 0.05) is 38.2 Å². The first-order valence-electron chi connectivity index (χ1n) is 8.94. The number of rotatable bonds is 3. The van der Waals surface area contributed by atoms with E-state index in [1.165, 1.54) is 0 Å². The lowest BCUT2D eigenvalue weighted by atomic mass is 9.96. The Morgan fingerprint density at radius 3 is 2.83 bits per heavy atom. The van der Waals surface area contributed by atoms with Crippen LogP contribution in [0.1, 0.15) is 41.1 Å². The number of hydrogen-bond donors (Lipinski definition) is 1. The highest BCUT2D eigenvalue weighted by atomic mass is 16.5. The molecule has 3 aliphatic rings. The van der Waals surface area contributed by atoms with E-state index in [1.807, 2.05) is 0 Å². The molecule has 1 amide bonds. The summed E-state index contributed by atoms with van der Waals surface area (Å²) in [5.41, 5.74) is 0.603. The number of nitrogens with zero attached hydrogens (tertiary/aromatic N) is 3. The number of ether oxygens (including phenoxy) is 1. The van der Waals surface area contributed by atoms with Crippen LogP contribution >= 0.6 is 0 Å². The standard InChI is InChI=1S/C17H25N3O4/c21-16(15-13-3-1-2-4-14(13)24-18-15)20-6-5-17(22,12-20)11-19-7-9-23-10-8-19/h22H,1-12H2/t17-/m0/s1. The fourth-order valence-electron chi connectivity index (χ4n) is 4.04. The number of amides is 1. The molecular formula is C17H25N3O4. The van der Waals surface area contributed by atoms with Crippen LogP contribution in [0.15, 0.2) is 4.52 Å². The minimum Gasteiger partial charge on any atom is -0.387 e. The zero-order valence-corrected chi connectivity index (χ0v) is 14.0. The van der Waals surface area contributed by atoms with E-state index < -0.39 is 5.60 Å². The predicted molar refractivity (Wildman–Crippen MR) is 85.9 cm³/mol. The molecule has 2 aliphatic heterocycles. The van der Waals surface area contributed by atoms with Crippen LogP contribution in [0, 0.1) is 0 Å². The number of aromatic nitrogens is 1. The molecular weight excluding hydrogens is 310 g/mol. The van der Waals surface area contributed by atoms with Crippen LogP contribution in [0.5, 0.6) is 0 Å². The second-order valence-corrected chi connectivity index (χ2v) is 7.23. The van der Waals surface area contributed by atoms with E-state index >= 15 is 0 Å². The van der Waals surface area contributed by atoms with Gasteiger partial charge >= 0.3 is 0 Å². The van der Waals surface area contributed by atoms with Crippen molar-refractivity contribution in [2.24, 2.45) is 0 Å². The molecule has 1 aromatic heterocycles. The van der Waals surface area contributed by atoms with Gasteiger partial charge in [-0.3, -0.25) is 9.69 Å². The summed E-state index contributed by atoms with van der Waals surface area (Å²) in [6.45, 7) is 4.64. The van der Waals surface area contributed by atoms with Gasteiger partial charge in [-0.2, -0.15) is 0 Å². The number of carbonyl (C=O) groups excluding carboxylic acids is 1. The molecule has 4 rings (SSSR count). The first-order chi connectivity index (χ1) is 11.6. The molecule has 7 heteroatoms. The summed E-state index contributed by atoms with van der Waals surface area (Å²) in [6, 6.07) is 0. The molecule has 3 heterocycles. The van der Waals surface area contributed by atoms with Gasteiger partial charge in [-0.1, -0.05) is 5.16 Å². The lowest BCUT2D eigenvalue weighted by Crippen LogP contribution is -2.49. The van der Waals surface area contributed by atoms with Gasteiger partial charge in [0.05, 0.1) is 25.4 Å². The fourth-order valence-corrected chi connectivity index (χ4v) is 4.04. The fraction of sp³-hybridized carbons (Fsp3) is 0.765. The van der Waals surface area contributed by atoms with Gasteiger partial charge in [-0.05, 0) is 25.7 Å². The summed E-state index contributed by atoms with van der Waals surface area (Å²) in [6.07, 6.45) is 4.52. The van der Waals surface area contributed by atoms with Crippen molar-refractivity contribution < 1.29 is 19.2 Å². The monoisotopic (exact) mass is 335 g/mol. The first kappa shape index (κ1) is 16.1. The van der Waals surface area contributed by atoms with Gasteiger partial charge in [0.25, 0.3) is 5.91 Å². The number of aliphatic hydroxyl groups is 1. The number of morpholine rings is 1. The summed E-state index contributed by atoms with van der Waals surface area (Å²) in [5.74, 6) is 0.771. The van der Waals surface area contributed by atoms with Gasteiger partial charge in [0.15, 0.2) is 5.69 Å². The first-order valence-corrected chi connectivity index (χ1v) is 8.94. The Balaban J connectivity index is 1.42. The van der Waals surface area contributed by atoms with Crippen LogP contribution in [0.3, 0.4) is 0 Å². The molecule has 0 spiro atoms. The van der Waals surface area contributed by atoms with Gasteiger partial charge in [0.2, 0.25) is 0 Å². The van der Waals surface area contributed by atoms with E-state index in [0.29, 0.717) is 45.0 Å². The Bertz CT molecular complexity index is 611. The molecule has 132 valence electrons. The Morgan fingerprint density at radius 2 is 2.00 bits per heavy atom.